The van der Waals surface area contributed by atoms with E-state index in [-0.39, 0.29) is 18.9 Å². The van der Waals surface area contributed by atoms with Gasteiger partial charge in [-0.1, -0.05) is 52.3 Å². The van der Waals surface area contributed by atoms with Crippen LogP contribution < -0.4 is 0 Å². The first-order valence-electron chi connectivity index (χ1n) is 4.32. The number of benzene rings is 2. The molecule has 0 N–H and O–H groups in total. The van der Waals surface area contributed by atoms with Crippen LogP contribution in [0.15, 0.2) is 57.9 Å². The summed E-state index contributed by atoms with van der Waals surface area (Å²) in [7, 11) is 0. The number of hydrogen-bond acceptors (Lipinski definition) is 1. The van der Waals surface area contributed by atoms with Gasteiger partial charge in [0.25, 0.3) is 0 Å². The van der Waals surface area contributed by atoms with Gasteiger partial charge in [-0.05, 0) is 23.3 Å². The molecule has 0 radical (unpaired) electrons. The maximum absolute atomic E-state index is 4.44. The van der Waals surface area contributed by atoms with E-state index in [9.17, 15) is 0 Å². The van der Waals surface area contributed by atoms with Crippen molar-refractivity contribution < 1.29 is 0 Å². The second-order valence-corrected chi connectivity index (χ2v) is 4.33. The number of hydrogen-bond donors (Lipinski definition) is 1. The van der Waals surface area contributed by atoms with Crippen LogP contribution in [0.2, 0.25) is 0 Å². The summed E-state index contributed by atoms with van der Waals surface area (Å²) in [5.41, 5.74) is 2.33. The molecule has 0 amide bonds. The van der Waals surface area contributed by atoms with Crippen molar-refractivity contribution in [2.45, 2.75) is 4.90 Å². The standard InChI is InChI=1S/C12H9BrS.Li.H/c13-11-7-3-1-5-9(11)10-6-2-4-8-12(10)14;;/h1-8,14H;;. The Kier molecular flexibility index (Phi) is 5.02. The van der Waals surface area contributed by atoms with Crippen molar-refractivity contribution in [1.82, 2.24) is 0 Å². The summed E-state index contributed by atoms with van der Waals surface area (Å²) >= 11 is 7.97. The first-order chi connectivity index (χ1) is 6.79. The third-order valence-corrected chi connectivity index (χ3v) is 3.15. The van der Waals surface area contributed by atoms with E-state index in [2.05, 4.69) is 40.7 Å². The summed E-state index contributed by atoms with van der Waals surface area (Å²) in [6, 6.07) is 16.2. The molecule has 0 bridgehead atoms. The molecule has 15 heavy (non-hydrogen) atoms. The summed E-state index contributed by atoms with van der Waals surface area (Å²) in [5.74, 6) is 0. The molecule has 0 aliphatic rings. The van der Waals surface area contributed by atoms with Gasteiger partial charge in [0.1, 0.15) is 0 Å². The van der Waals surface area contributed by atoms with Gasteiger partial charge in [0, 0.05) is 9.37 Å². The molecule has 2 aromatic rings. The van der Waals surface area contributed by atoms with E-state index in [0.29, 0.717) is 0 Å². The maximum atomic E-state index is 4.44. The number of halogens is 1. The van der Waals surface area contributed by atoms with E-state index >= 15 is 0 Å². The van der Waals surface area contributed by atoms with Gasteiger partial charge in [-0.3, -0.25) is 0 Å². The van der Waals surface area contributed by atoms with Crippen LogP contribution in [0.4, 0.5) is 0 Å². The predicted molar refractivity (Wildman–Crippen MR) is 74.0 cm³/mol. The Morgan fingerprint density at radius 2 is 1.33 bits per heavy atom. The second kappa shape index (κ2) is 5.82. The van der Waals surface area contributed by atoms with Crippen molar-refractivity contribution in [3.8, 4) is 11.1 Å². The Bertz CT molecular complexity index is 413. The molecule has 0 saturated carbocycles. The Morgan fingerprint density at radius 1 is 0.800 bits per heavy atom. The van der Waals surface area contributed by atoms with E-state index in [1.807, 2.05) is 36.4 Å². The van der Waals surface area contributed by atoms with Gasteiger partial charge in [0.2, 0.25) is 0 Å². The Balaban J connectivity index is 0.00000112. The Hall–Kier alpha value is -0.133. The molecule has 0 heterocycles. The zero-order valence-electron chi connectivity index (χ0n) is 7.44. The molecule has 0 nitrogen and oxygen atoms in total. The molecule has 2 aromatic carbocycles. The van der Waals surface area contributed by atoms with Crippen LogP contribution in [0.1, 0.15) is 0 Å². The number of rotatable bonds is 1. The third-order valence-electron chi connectivity index (χ3n) is 2.07. The fraction of sp³-hybridized carbons (Fsp3) is 0. The van der Waals surface area contributed by atoms with Crippen LogP contribution in [0.3, 0.4) is 0 Å². The molecule has 3 heteroatoms. The molecule has 0 aliphatic heterocycles. The van der Waals surface area contributed by atoms with Crippen LogP contribution in [-0.4, -0.2) is 18.9 Å². The fourth-order valence-electron chi connectivity index (χ4n) is 1.38. The van der Waals surface area contributed by atoms with Gasteiger partial charge < -0.3 is 0 Å². The average molecular weight is 273 g/mol. The SMILES string of the molecule is Sc1ccccc1-c1ccccc1Br.[LiH]. The summed E-state index contributed by atoms with van der Waals surface area (Å²) in [4.78, 5) is 0.999. The van der Waals surface area contributed by atoms with Gasteiger partial charge in [-0.15, -0.1) is 12.6 Å². The van der Waals surface area contributed by atoms with Crippen LogP contribution >= 0.6 is 28.6 Å². The normalized spacial score (nSPS) is 9.47. The average Bonchev–Trinajstić information content (AvgIpc) is 2.20. The van der Waals surface area contributed by atoms with Crippen molar-refractivity contribution in [3.63, 3.8) is 0 Å². The van der Waals surface area contributed by atoms with Gasteiger partial charge in [0.15, 0.2) is 0 Å². The van der Waals surface area contributed by atoms with Crippen LogP contribution in [0, 0.1) is 0 Å². The molecule has 0 aromatic heterocycles. The van der Waals surface area contributed by atoms with Crippen molar-refractivity contribution in [1.29, 1.82) is 0 Å². The molecule has 0 saturated heterocycles. The first-order valence-corrected chi connectivity index (χ1v) is 5.56. The molecule has 0 aliphatic carbocycles. The molecule has 72 valence electrons. The Labute approximate surface area is 116 Å². The minimum atomic E-state index is 0. The van der Waals surface area contributed by atoms with E-state index in [4.69, 9.17) is 0 Å². The molecular weight excluding hydrogens is 263 g/mol. The van der Waals surface area contributed by atoms with E-state index in [1.54, 1.807) is 0 Å². The first kappa shape index (κ1) is 12.9. The van der Waals surface area contributed by atoms with Crippen molar-refractivity contribution in [2.24, 2.45) is 0 Å². The van der Waals surface area contributed by atoms with E-state index < -0.39 is 0 Å². The van der Waals surface area contributed by atoms with Gasteiger partial charge in [-0.25, -0.2) is 0 Å². The molecule has 0 unspecified atom stereocenters. The van der Waals surface area contributed by atoms with Gasteiger partial charge in [-0.2, -0.15) is 0 Å². The second-order valence-electron chi connectivity index (χ2n) is 3.00. The molecule has 0 atom stereocenters. The summed E-state index contributed by atoms with van der Waals surface area (Å²) in [5, 5.41) is 0. The van der Waals surface area contributed by atoms with Crippen molar-refractivity contribution in [2.75, 3.05) is 0 Å². The van der Waals surface area contributed by atoms with Crippen LogP contribution in [0.5, 0.6) is 0 Å². The van der Waals surface area contributed by atoms with Crippen molar-refractivity contribution in [3.05, 3.63) is 53.0 Å². The predicted octanol–water partition coefficient (Wildman–Crippen LogP) is 3.76. The van der Waals surface area contributed by atoms with Crippen LogP contribution in [-0.2, 0) is 0 Å². The third kappa shape index (κ3) is 2.92. The molecular formula is C12H10BrLiS. The van der Waals surface area contributed by atoms with E-state index in [0.717, 1.165) is 14.9 Å². The summed E-state index contributed by atoms with van der Waals surface area (Å²) in [6.45, 7) is 0. The minimum absolute atomic E-state index is 0. The monoisotopic (exact) mass is 272 g/mol. The summed E-state index contributed by atoms with van der Waals surface area (Å²) in [6.07, 6.45) is 0. The van der Waals surface area contributed by atoms with Gasteiger partial charge >= 0.3 is 18.9 Å². The summed E-state index contributed by atoms with van der Waals surface area (Å²) < 4.78 is 1.10. The molecule has 0 fully saturated rings. The molecule has 2 rings (SSSR count). The van der Waals surface area contributed by atoms with Crippen molar-refractivity contribution >= 4 is 47.4 Å². The zero-order chi connectivity index (χ0) is 9.97. The number of thiol groups is 1. The van der Waals surface area contributed by atoms with Crippen LogP contribution in [0.25, 0.3) is 11.1 Å². The Morgan fingerprint density at radius 3 is 1.93 bits per heavy atom. The quantitative estimate of drug-likeness (QED) is 0.593. The van der Waals surface area contributed by atoms with E-state index in [1.165, 1.54) is 5.56 Å². The zero-order valence-corrected chi connectivity index (χ0v) is 9.92. The molecule has 0 spiro atoms. The topological polar surface area (TPSA) is 0 Å². The van der Waals surface area contributed by atoms with Gasteiger partial charge in [0.05, 0.1) is 0 Å². The fourth-order valence-corrected chi connectivity index (χ4v) is 2.16.